The maximum atomic E-state index is 12.8. The van der Waals surface area contributed by atoms with Gasteiger partial charge in [0.25, 0.3) is 0 Å². The fraction of sp³-hybridized carbons (Fsp3) is 0.556. The quantitative estimate of drug-likeness (QED) is 0.364. The molecule has 2 N–H and O–H groups in total. The lowest BCUT2D eigenvalue weighted by Crippen LogP contribution is -2.27. The zero-order chi connectivity index (χ0) is 23.9. The number of aromatic nitrogens is 2. The van der Waals surface area contributed by atoms with Crippen LogP contribution in [0.25, 0.3) is 22.2 Å². The molecule has 3 atom stereocenters. The molecule has 1 aromatic carbocycles. The highest BCUT2D eigenvalue weighted by Gasteiger charge is 2.35. The van der Waals surface area contributed by atoms with Crippen LogP contribution in [0.5, 0.6) is 0 Å². The zero-order valence-corrected chi connectivity index (χ0v) is 20.0. The molecule has 7 nitrogen and oxygen atoms in total. The Bertz CT molecular complexity index is 1110. The minimum Gasteiger partial charge on any atom is -0.442 e. The normalized spacial score (nSPS) is 20.4. The largest absolute Gasteiger partial charge is 0.442 e. The molecular weight excluding hydrogens is 432 g/mol. The first-order valence-corrected chi connectivity index (χ1v) is 12.7. The van der Waals surface area contributed by atoms with Crippen molar-refractivity contribution < 1.29 is 19.4 Å². The molecule has 3 heterocycles. The molecule has 1 aliphatic rings. The van der Waals surface area contributed by atoms with Crippen molar-refractivity contribution in [2.45, 2.75) is 89.6 Å². The second-order valence-electron chi connectivity index (χ2n) is 9.26. The van der Waals surface area contributed by atoms with E-state index in [0.29, 0.717) is 5.71 Å². The van der Waals surface area contributed by atoms with Crippen LogP contribution in [0.2, 0.25) is 0 Å². The van der Waals surface area contributed by atoms with Crippen molar-refractivity contribution in [1.29, 1.82) is 0 Å². The lowest BCUT2D eigenvalue weighted by atomic mass is 10.00. The van der Waals surface area contributed by atoms with Crippen LogP contribution in [0, 0.1) is 0 Å². The van der Waals surface area contributed by atoms with Crippen LogP contribution in [-0.2, 0) is 11.2 Å². The number of nitrogens with zero attached hydrogens (tertiary/aromatic N) is 2. The summed E-state index contributed by atoms with van der Waals surface area (Å²) in [6, 6.07) is 10.0. The fourth-order valence-electron chi connectivity index (χ4n) is 4.79. The lowest BCUT2D eigenvalue weighted by molar-refractivity contribution is -0.0457. The van der Waals surface area contributed by atoms with E-state index < -0.39 is 24.1 Å². The van der Waals surface area contributed by atoms with Crippen LogP contribution in [0.15, 0.2) is 45.7 Å². The van der Waals surface area contributed by atoms with Crippen molar-refractivity contribution in [2.75, 3.05) is 6.61 Å². The molecule has 1 fully saturated rings. The first-order chi connectivity index (χ1) is 16.6. The molecule has 34 heavy (non-hydrogen) atoms. The summed E-state index contributed by atoms with van der Waals surface area (Å²) >= 11 is 0. The minimum absolute atomic E-state index is 0.224. The van der Waals surface area contributed by atoms with Crippen molar-refractivity contribution in [1.82, 2.24) is 9.55 Å². The second-order valence-corrected chi connectivity index (χ2v) is 9.26. The van der Waals surface area contributed by atoms with E-state index in [2.05, 4.69) is 11.9 Å². The second kappa shape index (κ2) is 11.8. The van der Waals surface area contributed by atoms with Gasteiger partial charge in [0.15, 0.2) is 0 Å². The Balaban J connectivity index is 1.57. The molecule has 4 rings (SSSR count). The number of unbranched alkanes of at least 4 members (excludes halogenated alkanes) is 7. The molecule has 7 heteroatoms. The van der Waals surface area contributed by atoms with Gasteiger partial charge in [-0.2, -0.15) is 4.98 Å². The Morgan fingerprint density at radius 3 is 2.44 bits per heavy atom. The summed E-state index contributed by atoms with van der Waals surface area (Å²) in [6.07, 6.45) is 10.4. The molecule has 1 aliphatic heterocycles. The highest BCUT2D eigenvalue weighted by molar-refractivity contribution is 5.93. The van der Waals surface area contributed by atoms with E-state index in [0.717, 1.165) is 41.5 Å². The van der Waals surface area contributed by atoms with Gasteiger partial charge in [0.2, 0.25) is 5.71 Å². The van der Waals surface area contributed by atoms with Gasteiger partial charge in [-0.15, -0.1) is 0 Å². The smallest absolute Gasteiger partial charge is 0.353 e. The van der Waals surface area contributed by atoms with Gasteiger partial charge in [0.05, 0.1) is 18.1 Å². The summed E-state index contributed by atoms with van der Waals surface area (Å²) in [6.45, 7) is 1.94. The number of fused-ring (bicyclic) bond motifs is 1. The Morgan fingerprint density at radius 1 is 1.06 bits per heavy atom. The number of rotatable bonds is 12. The number of furan rings is 1. The first-order valence-electron chi connectivity index (χ1n) is 12.7. The molecule has 0 radical (unpaired) electrons. The Hall–Kier alpha value is -2.48. The highest BCUT2D eigenvalue weighted by Crippen LogP contribution is 2.36. The summed E-state index contributed by atoms with van der Waals surface area (Å²) in [4.78, 5) is 17.0. The number of benzene rings is 1. The third-order valence-electron chi connectivity index (χ3n) is 6.70. The third-order valence-corrected chi connectivity index (χ3v) is 6.70. The number of aliphatic hydroxyl groups is 2. The molecule has 0 aliphatic carbocycles. The average molecular weight is 469 g/mol. The first kappa shape index (κ1) is 24.6. The molecule has 3 aromatic rings. The highest BCUT2D eigenvalue weighted by atomic mass is 16.5. The number of hydrogen-bond acceptors (Lipinski definition) is 6. The predicted molar refractivity (Wildman–Crippen MR) is 132 cm³/mol. The number of hydrogen-bond donors (Lipinski definition) is 2. The van der Waals surface area contributed by atoms with E-state index in [1.165, 1.54) is 43.1 Å². The summed E-state index contributed by atoms with van der Waals surface area (Å²) in [5.41, 5.74) is 1.81. The van der Waals surface area contributed by atoms with E-state index in [4.69, 9.17) is 9.15 Å². The molecule has 184 valence electrons. The summed E-state index contributed by atoms with van der Waals surface area (Å²) in [5.74, 6) is 0.845. The monoisotopic (exact) mass is 468 g/mol. The topological polar surface area (TPSA) is 97.7 Å². The number of aliphatic hydroxyl groups excluding tert-OH is 2. The van der Waals surface area contributed by atoms with Crippen molar-refractivity contribution in [3.05, 3.63) is 52.8 Å². The van der Waals surface area contributed by atoms with Gasteiger partial charge in [0.1, 0.15) is 18.1 Å². The van der Waals surface area contributed by atoms with E-state index in [1.54, 1.807) is 6.20 Å². The molecule has 0 bridgehead atoms. The Morgan fingerprint density at radius 2 is 1.76 bits per heavy atom. The minimum atomic E-state index is -0.826. The van der Waals surface area contributed by atoms with Crippen molar-refractivity contribution >= 4 is 11.1 Å². The van der Waals surface area contributed by atoms with Gasteiger partial charge in [-0.25, -0.2) is 4.79 Å². The number of aryl methyl sites for hydroxylation is 1. The Kier molecular flexibility index (Phi) is 8.53. The molecular formula is C27H36N2O5. The van der Waals surface area contributed by atoms with Gasteiger partial charge < -0.3 is 19.4 Å². The van der Waals surface area contributed by atoms with Gasteiger partial charge >= 0.3 is 5.69 Å². The maximum absolute atomic E-state index is 12.8. The summed E-state index contributed by atoms with van der Waals surface area (Å²) in [5, 5.41) is 20.3. The van der Waals surface area contributed by atoms with Crippen LogP contribution >= 0.6 is 0 Å². The van der Waals surface area contributed by atoms with E-state index in [1.807, 2.05) is 30.3 Å². The van der Waals surface area contributed by atoms with E-state index in [-0.39, 0.29) is 13.0 Å². The number of ether oxygens (including phenoxy) is 1. The predicted octanol–water partition coefficient (Wildman–Crippen LogP) is 4.98. The average Bonchev–Trinajstić information content (AvgIpc) is 3.39. The van der Waals surface area contributed by atoms with Crippen molar-refractivity contribution in [3.8, 4) is 11.1 Å². The van der Waals surface area contributed by atoms with Crippen LogP contribution in [-0.4, -0.2) is 38.6 Å². The molecule has 1 saturated heterocycles. The van der Waals surface area contributed by atoms with Gasteiger partial charge in [0, 0.05) is 24.6 Å². The molecule has 0 unspecified atom stereocenters. The SMILES string of the molecule is CCCCCCCCCCc1oc2nc(=O)n([C@H]3C[C@H](O)[C@@H](CO)O3)cc2c1-c1ccccc1. The standard InChI is InChI=1S/C27H36N2O5/c1-2-3-4-5-6-7-8-12-15-22-25(19-13-10-9-11-14-19)20-17-29(27(32)28-26(20)34-22)24-16-21(31)23(18-30)33-24/h9-11,13-14,17,21,23-24,30-31H,2-8,12,15-16,18H2,1H3/t21-,23+,24+/m0/s1. The molecule has 0 spiro atoms. The molecule has 0 amide bonds. The maximum Gasteiger partial charge on any atom is 0.353 e. The van der Waals surface area contributed by atoms with Crippen LogP contribution in [0.1, 0.15) is 76.7 Å². The van der Waals surface area contributed by atoms with Gasteiger partial charge in [-0.3, -0.25) is 4.57 Å². The van der Waals surface area contributed by atoms with E-state index in [9.17, 15) is 15.0 Å². The molecule has 2 aromatic heterocycles. The fourth-order valence-corrected chi connectivity index (χ4v) is 4.79. The van der Waals surface area contributed by atoms with Crippen LogP contribution in [0.3, 0.4) is 0 Å². The van der Waals surface area contributed by atoms with Gasteiger partial charge in [-0.1, -0.05) is 82.2 Å². The zero-order valence-electron chi connectivity index (χ0n) is 20.0. The van der Waals surface area contributed by atoms with Crippen LogP contribution < -0.4 is 5.69 Å². The lowest BCUT2D eigenvalue weighted by Gasteiger charge is -2.14. The van der Waals surface area contributed by atoms with Crippen LogP contribution in [0.4, 0.5) is 0 Å². The van der Waals surface area contributed by atoms with E-state index >= 15 is 0 Å². The summed E-state index contributed by atoms with van der Waals surface area (Å²) in [7, 11) is 0. The Labute approximate surface area is 200 Å². The van der Waals surface area contributed by atoms with Crippen molar-refractivity contribution in [2.24, 2.45) is 0 Å². The third kappa shape index (κ3) is 5.59. The van der Waals surface area contributed by atoms with Gasteiger partial charge in [-0.05, 0) is 12.0 Å². The molecule has 0 saturated carbocycles. The summed E-state index contributed by atoms with van der Waals surface area (Å²) < 4.78 is 13.2. The van der Waals surface area contributed by atoms with Crippen molar-refractivity contribution in [3.63, 3.8) is 0 Å².